The molecule has 2 amide bonds. The van der Waals surface area contributed by atoms with Crippen LogP contribution in [0.25, 0.3) is 10.2 Å². The Balaban J connectivity index is 1.92. The van der Waals surface area contributed by atoms with Crippen LogP contribution in [0, 0.1) is 17.0 Å². The zero-order valence-electron chi connectivity index (χ0n) is 13.0. The molecule has 0 aliphatic carbocycles. The molecule has 2 N–H and O–H groups in total. The SMILES string of the molecule is CC(C)(C)C(=O)NCCC(=O)Nc1nc2cc(F)c(F)cc2s1. The fourth-order valence-corrected chi connectivity index (χ4v) is 2.60. The van der Waals surface area contributed by atoms with Crippen LogP contribution in [-0.2, 0) is 9.59 Å². The molecule has 0 atom stereocenters. The van der Waals surface area contributed by atoms with E-state index in [9.17, 15) is 18.4 Å². The lowest BCUT2D eigenvalue weighted by Crippen LogP contribution is -2.36. The molecule has 1 aromatic carbocycles. The Hall–Kier alpha value is -2.09. The van der Waals surface area contributed by atoms with E-state index in [1.165, 1.54) is 0 Å². The van der Waals surface area contributed by atoms with Crippen LogP contribution in [0.4, 0.5) is 13.9 Å². The van der Waals surface area contributed by atoms with Crippen LogP contribution in [0.3, 0.4) is 0 Å². The monoisotopic (exact) mass is 341 g/mol. The van der Waals surface area contributed by atoms with Crippen molar-refractivity contribution in [2.75, 3.05) is 11.9 Å². The Morgan fingerprint density at radius 2 is 1.87 bits per heavy atom. The van der Waals surface area contributed by atoms with Crippen molar-refractivity contribution in [2.24, 2.45) is 5.41 Å². The van der Waals surface area contributed by atoms with E-state index in [-0.39, 0.29) is 35.4 Å². The summed E-state index contributed by atoms with van der Waals surface area (Å²) < 4.78 is 26.7. The number of nitrogens with zero attached hydrogens (tertiary/aromatic N) is 1. The molecule has 0 fully saturated rings. The van der Waals surface area contributed by atoms with Gasteiger partial charge in [0.15, 0.2) is 16.8 Å². The second kappa shape index (κ2) is 6.57. The highest BCUT2D eigenvalue weighted by Crippen LogP contribution is 2.27. The third kappa shape index (κ3) is 4.44. The van der Waals surface area contributed by atoms with Crippen LogP contribution in [0.5, 0.6) is 0 Å². The zero-order chi connectivity index (χ0) is 17.2. The van der Waals surface area contributed by atoms with Gasteiger partial charge >= 0.3 is 0 Å². The minimum atomic E-state index is -0.981. The summed E-state index contributed by atoms with van der Waals surface area (Å²) in [6.07, 6.45) is 0.0838. The second-order valence-electron chi connectivity index (χ2n) is 6.06. The summed E-state index contributed by atoms with van der Waals surface area (Å²) in [5, 5.41) is 5.48. The zero-order valence-corrected chi connectivity index (χ0v) is 13.8. The van der Waals surface area contributed by atoms with E-state index in [1.54, 1.807) is 20.8 Å². The van der Waals surface area contributed by atoms with Gasteiger partial charge in [-0.3, -0.25) is 9.59 Å². The number of nitrogens with one attached hydrogen (secondary N) is 2. The number of benzene rings is 1. The van der Waals surface area contributed by atoms with Gasteiger partial charge in [-0.2, -0.15) is 0 Å². The largest absolute Gasteiger partial charge is 0.355 e. The van der Waals surface area contributed by atoms with Crippen LogP contribution in [0.2, 0.25) is 0 Å². The average Bonchev–Trinajstić information content (AvgIpc) is 2.79. The lowest BCUT2D eigenvalue weighted by atomic mass is 9.96. The Labute approximate surface area is 136 Å². The Morgan fingerprint density at radius 3 is 2.52 bits per heavy atom. The van der Waals surface area contributed by atoms with Gasteiger partial charge in [-0.05, 0) is 6.07 Å². The molecule has 23 heavy (non-hydrogen) atoms. The maximum Gasteiger partial charge on any atom is 0.227 e. The number of amides is 2. The molecule has 2 rings (SSSR count). The van der Waals surface area contributed by atoms with Crippen molar-refractivity contribution < 1.29 is 18.4 Å². The number of thiazole rings is 1. The lowest BCUT2D eigenvalue weighted by Gasteiger charge is -2.17. The number of aromatic nitrogens is 1. The van der Waals surface area contributed by atoms with Gasteiger partial charge in [-0.25, -0.2) is 13.8 Å². The molecule has 0 spiro atoms. The van der Waals surface area contributed by atoms with Gasteiger partial charge in [-0.15, -0.1) is 0 Å². The maximum absolute atomic E-state index is 13.1. The number of anilines is 1. The lowest BCUT2D eigenvalue weighted by molar-refractivity contribution is -0.128. The van der Waals surface area contributed by atoms with E-state index in [0.717, 1.165) is 23.5 Å². The van der Waals surface area contributed by atoms with Crippen LogP contribution in [-0.4, -0.2) is 23.3 Å². The number of fused-ring (bicyclic) bond motifs is 1. The van der Waals surface area contributed by atoms with E-state index < -0.39 is 17.0 Å². The van der Waals surface area contributed by atoms with Crippen molar-refractivity contribution >= 4 is 38.5 Å². The minimum Gasteiger partial charge on any atom is -0.355 e. The van der Waals surface area contributed by atoms with E-state index in [2.05, 4.69) is 15.6 Å². The van der Waals surface area contributed by atoms with Gasteiger partial charge in [0.2, 0.25) is 11.8 Å². The average molecular weight is 341 g/mol. The molecule has 124 valence electrons. The van der Waals surface area contributed by atoms with Gasteiger partial charge in [0.05, 0.1) is 10.2 Å². The number of hydrogen-bond acceptors (Lipinski definition) is 4. The van der Waals surface area contributed by atoms with Crippen LogP contribution < -0.4 is 10.6 Å². The topological polar surface area (TPSA) is 71.1 Å². The third-order valence-electron chi connectivity index (χ3n) is 3.00. The number of carbonyl (C=O) groups excluding carboxylic acids is 2. The van der Waals surface area contributed by atoms with Crippen LogP contribution in [0.1, 0.15) is 27.2 Å². The van der Waals surface area contributed by atoms with E-state index >= 15 is 0 Å². The van der Waals surface area contributed by atoms with E-state index in [4.69, 9.17) is 0 Å². The number of halogens is 2. The first-order valence-electron chi connectivity index (χ1n) is 7.00. The standard InChI is InChI=1S/C15H17F2N3O2S/c1-15(2,3)13(22)18-5-4-12(21)20-14-19-10-6-8(16)9(17)7-11(10)23-14/h6-7H,4-5H2,1-3H3,(H,18,22)(H,19,20,21). The first-order chi connectivity index (χ1) is 10.7. The summed E-state index contributed by atoms with van der Waals surface area (Å²) >= 11 is 1.06. The quantitative estimate of drug-likeness (QED) is 0.898. The van der Waals surface area contributed by atoms with E-state index in [0.29, 0.717) is 4.70 Å². The predicted octanol–water partition coefficient (Wildman–Crippen LogP) is 3.07. The number of hydrogen-bond donors (Lipinski definition) is 2. The first-order valence-corrected chi connectivity index (χ1v) is 7.82. The molecule has 0 saturated heterocycles. The molecule has 0 saturated carbocycles. The molecule has 8 heteroatoms. The van der Waals surface area contributed by atoms with Crippen molar-refractivity contribution in [1.82, 2.24) is 10.3 Å². The van der Waals surface area contributed by atoms with Crippen LogP contribution >= 0.6 is 11.3 Å². The van der Waals surface area contributed by atoms with E-state index in [1.807, 2.05) is 0 Å². The van der Waals surface area contributed by atoms with Gasteiger partial charge < -0.3 is 10.6 Å². The first kappa shape index (κ1) is 17.3. The fourth-order valence-electron chi connectivity index (χ4n) is 1.71. The Bertz CT molecular complexity index is 714. The molecular formula is C15H17F2N3O2S. The molecule has 5 nitrogen and oxygen atoms in total. The molecule has 1 aromatic heterocycles. The van der Waals surface area contributed by atoms with Crippen molar-refractivity contribution in [3.8, 4) is 0 Å². The number of rotatable bonds is 4. The summed E-state index contributed by atoms with van der Waals surface area (Å²) in [7, 11) is 0. The molecule has 2 aromatic rings. The summed E-state index contributed by atoms with van der Waals surface area (Å²) in [6.45, 7) is 5.54. The number of carbonyl (C=O) groups is 2. The van der Waals surface area contributed by atoms with Crippen molar-refractivity contribution in [2.45, 2.75) is 27.2 Å². The molecule has 0 bridgehead atoms. The summed E-state index contributed by atoms with van der Waals surface area (Å²) in [5.74, 6) is -2.41. The van der Waals surface area contributed by atoms with Crippen molar-refractivity contribution in [3.05, 3.63) is 23.8 Å². The Morgan fingerprint density at radius 1 is 1.22 bits per heavy atom. The summed E-state index contributed by atoms with van der Waals surface area (Å²) in [4.78, 5) is 27.5. The Kier molecular flexibility index (Phi) is 4.93. The molecule has 0 unspecified atom stereocenters. The third-order valence-corrected chi connectivity index (χ3v) is 3.93. The highest BCUT2D eigenvalue weighted by molar-refractivity contribution is 7.22. The van der Waals surface area contributed by atoms with Gasteiger partial charge in [0, 0.05) is 24.4 Å². The molecule has 0 aliphatic heterocycles. The second-order valence-corrected chi connectivity index (χ2v) is 7.09. The summed E-state index contributed by atoms with van der Waals surface area (Å²) in [5.41, 5.74) is -0.234. The molecule has 0 radical (unpaired) electrons. The van der Waals surface area contributed by atoms with Gasteiger partial charge in [0.1, 0.15) is 0 Å². The highest BCUT2D eigenvalue weighted by Gasteiger charge is 2.20. The van der Waals surface area contributed by atoms with Gasteiger partial charge in [-0.1, -0.05) is 32.1 Å². The fraction of sp³-hybridized carbons (Fsp3) is 0.400. The highest BCUT2D eigenvalue weighted by atomic mass is 32.1. The normalized spacial score (nSPS) is 11.5. The van der Waals surface area contributed by atoms with Crippen LogP contribution in [0.15, 0.2) is 12.1 Å². The minimum absolute atomic E-state index is 0.0838. The van der Waals surface area contributed by atoms with Crippen molar-refractivity contribution in [1.29, 1.82) is 0 Å². The maximum atomic E-state index is 13.1. The molecule has 0 aliphatic rings. The smallest absolute Gasteiger partial charge is 0.227 e. The van der Waals surface area contributed by atoms with Crippen molar-refractivity contribution in [3.63, 3.8) is 0 Å². The molecule has 1 heterocycles. The molecular weight excluding hydrogens is 324 g/mol. The predicted molar refractivity (Wildman–Crippen MR) is 85.2 cm³/mol. The summed E-state index contributed by atoms with van der Waals surface area (Å²) in [6, 6.07) is 2.03. The van der Waals surface area contributed by atoms with Gasteiger partial charge in [0.25, 0.3) is 0 Å².